The summed E-state index contributed by atoms with van der Waals surface area (Å²) in [7, 11) is 9.41. The lowest BCUT2D eigenvalue weighted by atomic mass is 9.69. The Morgan fingerprint density at radius 1 is 0.768 bits per heavy atom. The predicted octanol–water partition coefficient (Wildman–Crippen LogP) is 2.11. The first-order chi connectivity index (χ1) is 25.5. The first kappa shape index (κ1) is 50.5. The summed E-state index contributed by atoms with van der Waals surface area (Å²) >= 11 is 0. The lowest BCUT2D eigenvalue weighted by Gasteiger charge is -2.39. The number of sulfone groups is 1. The number of quaternary nitrogens is 2. The summed E-state index contributed by atoms with van der Waals surface area (Å²) in [5.74, 6) is 1.15. The van der Waals surface area contributed by atoms with E-state index in [4.69, 9.17) is 9.47 Å². The van der Waals surface area contributed by atoms with Crippen LogP contribution in [0.3, 0.4) is 0 Å². The van der Waals surface area contributed by atoms with Crippen molar-refractivity contribution in [2.75, 3.05) is 92.3 Å². The lowest BCUT2D eigenvalue weighted by molar-refractivity contribution is -0.891. The molecule has 0 unspecified atom stereocenters. The summed E-state index contributed by atoms with van der Waals surface area (Å²) in [6, 6.07) is 21.8. The molecule has 4 rings (SSSR count). The molecule has 316 valence electrons. The van der Waals surface area contributed by atoms with Gasteiger partial charge in [-0.3, -0.25) is 0 Å². The number of halogens is 2. The van der Waals surface area contributed by atoms with Crippen molar-refractivity contribution in [3.63, 3.8) is 0 Å². The Hall–Kier alpha value is -1.65. The van der Waals surface area contributed by atoms with Gasteiger partial charge in [-0.25, -0.2) is 8.42 Å². The Morgan fingerprint density at radius 2 is 1.34 bits per heavy atom. The summed E-state index contributed by atoms with van der Waals surface area (Å²) in [6.45, 7) is 11.7. The second-order valence-electron chi connectivity index (χ2n) is 17.4. The molecule has 0 amide bonds. The SMILES string of the molecule is CCCC[C@]1(CC)CS(=O)(=O)c2ccc(N(C)C)cc2[C@@H](c2cccc(OCC[N+](C)(C)CCCCCC[N+](C)(C)CCOc3cccc(C)c3)c2)[C@H]1O.[I-].[I-]. The van der Waals surface area contributed by atoms with E-state index in [9.17, 15) is 13.5 Å². The number of ether oxygens (including phenoxy) is 2. The third-order valence-electron chi connectivity index (χ3n) is 11.7. The molecule has 0 aliphatic carbocycles. The summed E-state index contributed by atoms with van der Waals surface area (Å²) in [5.41, 5.74) is 2.94. The van der Waals surface area contributed by atoms with E-state index in [1.165, 1.54) is 31.2 Å². The monoisotopic (exact) mass is 1020 g/mol. The van der Waals surface area contributed by atoms with Crippen LogP contribution in [0.4, 0.5) is 5.69 Å². The normalized spacial score (nSPS) is 19.2. The van der Waals surface area contributed by atoms with Crippen LogP contribution in [0, 0.1) is 12.3 Å². The maximum atomic E-state index is 14.0. The Morgan fingerprint density at radius 3 is 1.88 bits per heavy atom. The molecule has 0 saturated heterocycles. The van der Waals surface area contributed by atoms with Crippen LogP contribution < -0.4 is 62.3 Å². The van der Waals surface area contributed by atoms with Crippen LogP contribution in [0.15, 0.2) is 71.6 Å². The molecule has 1 aliphatic rings. The number of hydrogen-bond donors (Lipinski definition) is 1. The van der Waals surface area contributed by atoms with Gasteiger partial charge in [0.25, 0.3) is 0 Å². The molecule has 0 fully saturated rings. The lowest BCUT2D eigenvalue weighted by Crippen LogP contribution is -3.00. The average Bonchev–Trinajstić information content (AvgIpc) is 3.18. The van der Waals surface area contributed by atoms with Gasteiger partial charge in [0.2, 0.25) is 0 Å². The number of likely N-dealkylation sites (N-methyl/N-ethyl adjacent to an activating group) is 2. The maximum absolute atomic E-state index is 14.0. The first-order valence-corrected chi connectivity index (χ1v) is 21.9. The predicted molar refractivity (Wildman–Crippen MR) is 224 cm³/mol. The number of aliphatic hydroxyl groups excluding tert-OH is 1. The molecular formula is C45H71I2N3O5S. The maximum Gasteiger partial charge on any atom is 0.179 e. The van der Waals surface area contributed by atoms with Crippen LogP contribution in [0.2, 0.25) is 0 Å². The summed E-state index contributed by atoms with van der Waals surface area (Å²) in [5, 5.41) is 12.4. The molecule has 1 N–H and O–H groups in total. The second-order valence-corrected chi connectivity index (χ2v) is 19.3. The quantitative estimate of drug-likeness (QED) is 0.100. The van der Waals surface area contributed by atoms with Crippen LogP contribution in [-0.2, 0) is 9.84 Å². The van der Waals surface area contributed by atoms with E-state index in [2.05, 4.69) is 54.2 Å². The van der Waals surface area contributed by atoms with Crippen molar-refractivity contribution in [3.8, 4) is 11.5 Å². The fourth-order valence-corrected chi connectivity index (χ4v) is 10.2. The number of rotatable bonds is 21. The van der Waals surface area contributed by atoms with Crippen LogP contribution in [-0.4, -0.2) is 116 Å². The highest BCUT2D eigenvalue weighted by atomic mass is 127. The van der Waals surface area contributed by atoms with Gasteiger partial charge >= 0.3 is 0 Å². The van der Waals surface area contributed by atoms with Gasteiger partial charge in [0.05, 0.1) is 58.0 Å². The number of nitrogens with zero attached hydrogens (tertiary/aromatic N) is 3. The molecule has 8 nitrogen and oxygen atoms in total. The fraction of sp³-hybridized carbons (Fsp3) is 0.600. The van der Waals surface area contributed by atoms with Gasteiger partial charge in [0, 0.05) is 31.1 Å². The van der Waals surface area contributed by atoms with E-state index in [0.717, 1.165) is 77.3 Å². The van der Waals surface area contributed by atoms with Crippen molar-refractivity contribution in [2.24, 2.45) is 5.41 Å². The smallest absolute Gasteiger partial charge is 0.179 e. The molecule has 1 aliphatic heterocycles. The van der Waals surface area contributed by atoms with Crippen molar-refractivity contribution >= 4 is 15.5 Å². The Kier molecular flexibility index (Phi) is 20.4. The van der Waals surface area contributed by atoms with E-state index in [0.29, 0.717) is 29.9 Å². The van der Waals surface area contributed by atoms with Crippen molar-refractivity contribution in [1.29, 1.82) is 0 Å². The average molecular weight is 1020 g/mol. The molecule has 11 heteroatoms. The highest BCUT2D eigenvalue weighted by Gasteiger charge is 2.49. The Bertz CT molecular complexity index is 1750. The molecule has 0 radical (unpaired) electrons. The number of anilines is 1. The van der Waals surface area contributed by atoms with Crippen molar-refractivity contribution in [3.05, 3.63) is 83.4 Å². The zero-order valence-electron chi connectivity index (χ0n) is 35.7. The van der Waals surface area contributed by atoms with E-state index in [1.807, 2.05) is 74.4 Å². The second kappa shape index (κ2) is 22.6. The minimum atomic E-state index is -3.64. The molecule has 0 aromatic heterocycles. The number of hydrogen-bond acceptors (Lipinski definition) is 6. The van der Waals surface area contributed by atoms with Crippen molar-refractivity contribution in [2.45, 2.75) is 89.1 Å². The molecule has 3 aromatic carbocycles. The van der Waals surface area contributed by atoms with Crippen LogP contribution in [0.1, 0.15) is 87.8 Å². The minimum absolute atomic E-state index is 0. The number of aliphatic hydroxyl groups is 1. The highest BCUT2D eigenvalue weighted by Crippen LogP contribution is 2.49. The molecule has 3 aromatic rings. The summed E-state index contributed by atoms with van der Waals surface area (Å²) in [4.78, 5) is 2.32. The zero-order valence-corrected chi connectivity index (χ0v) is 40.8. The number of benzene rings is 3. The van der Waals surface area contributed by atoms with Gasteiger partial charge in [-0.1, -0.05) is 51.0 Å². The fourth-order valence-electron chi connectivity index (χ4n) is 7.99. The number of aryl methyl sites for hydroxylation is 1. The van der Waals surface area contributed by atoms with E-state index < -0.39 is 27.3 Å². The van der Waals surface area contributed by atoms with E-state index in [-0.39, 0.29) is 53.7 Å². The van der Waals surface area contributed by atoms with Gasteiger partial charge in [-0.05, 0) is 105 Å². The summed E-state index contributed by atoms with van der Waals surface area (Å²) in [6.07, 6.45) is 7.04. The van der Waals surface area contributed by atoms with Crippen molar-refractivity contribution in [1.82, 2.24) is 0 Å². The standard InChI is InChI=1S/C45H71N3O5S.2HI/c1-10-12-25-45(11-2)35-54(50,51)42-24-23-38(46(4)5)34-41(42)43(44(45)49)37-20-18-22-40(33-37)53-31-29-48(8,9)27-16-14-13-15-26-47(6,7)28-30-52-39-21-17-19-36(3)32-39;;/h17-24,32-34,43-44,49H,10-16,25-31,35H2,1-9H3;2*1H/q+2;;/p-2/t43-,44-,45-;;/m1../s1. The molecular weight excluding hydrogens is 948 g/mol. The first-order valence-electron chi connectivity index (χ1n) is 20.3. The molecule has 0 spiro atoms. The van der Waals surface area contributed by atoms with E-state index >= 15 is 0 Å². The van der Waals surface area contributed by atoms with Gasteiger partial charge in [-0.2, -0.15) is 0 Å². The number of fused-ring (bicyclic) bond motifs is 1. The van der Waals surface area contributed by atoms with Crippen molar-refractivity contribution < 1.29 is 79.9 Å². The molecule has 56 heavy (non-hydrogen) atoms. The van der Waals surface area contributed by atoms with Crippen LogP contribution in [0.5, 0.6) is 11.5 Å². The van der Waals surface area contributed by atoms with Gasteiger partial charge < -0.3 is 76.4 Å². The zero-order chi connectivity index (χ0) is 39.6. The van der Waals surface area contributed by atoms with Crippen LogP contribution in [0.25, 0.3) is 0 Å². The largest absolute Gasteiger partial charge is 1.00 e. The summed E-state index contributed by atoms with van der Waals surface area (Å²) < 4.78 is 42.3. The van der Waals surface area contributed by atoms with Crippen LogP contribution >= 0.6 is 0 Å². The minimum Gasteiger partial charge on any atom is -1.00 e. The van der Waals surface area contributed by atoms with E-state index in [1.54, 1.807) is 6.07 Å². The number of unbranched alkanes of at least 4 members (excludes halogenated alkanes) is 4. The van der Waals surface area contributed by atoms with Gasteiger partial charge in [0.15, 0.2) is 9.84 Å². The topological polar surface area (TPSA) is 76.1 Å². The van der Waals surface area contributed by atoms with Gasteiger partial charge in [-0.15, -0.1) is 0 Å². The Labute approximate surface area is 374 Å². The molecule has 0 bridgehead atoms. The highest BCUT2D eigenvalue weighted by molar-refractivity contribution is 7.91. The molecule has 0 saturated carbocycles. The third-order valence-corrected chi connectivity index (χ3v) is 13.7. The Balaban J connectivity index is 0.00000541. The molecule has 3 atom stereocenters. The van der Waals surface area contributed by atoms with Gasteiger partial charge in [0.1, 0.15) is 37.8 Å². The third kappa shape index (κ3) is 14.3. The molecule has 1 heterocycles.